The zero-order chi connectivity index (χ0) is 8.39. The van der Waals surface area contributed by atoms with Crippen molar-refractivity contribution in [3.8, 4) is 0 Å². The van der Waals surface area contributed by atoms with Gasteiger partial charge in [-0.3, -0.25) is 0 Å². The largest absolute Gasteiger partial charge is 0.467 e. The van der Waals surface area contributed by atoms with Gasteiger partial charge in [-0.1, -0.05) is 6.42 Å². The van der Waals surface area contributed by atoms with E-state index < -0.39 is 0 Å². The molecule has 0 bridgehead atoms. The van der Waals surface area contributed by atoms with E-state index in [4.69, 9.17) is 4.42 Å². The highest BCUT2D eigenvalue weighted by atomic mass is 16.3. The van der Waals surface area contributed by atoms with Crippen molar-refractivity contribution in [3.63, 3.8) is 0 Å². The highest BCUT2D eigenvalue weighted by molar-refractivity contribution is 5.18. The minimum absolute atomic E-state index is 0.466. The van der Waals surface area contributed by atoms with E-state index in [1.54, 1.807) is 6.26 Å². The predicted octanol–water partition coefficient (Wildman–Crippen LogP) is 2.40. The Morgan fingerprint density at radius 1 is 1.50 bits per heavy atom. The van der Waals surface area contributed by atoms with Gasteiger partial charge < -0.3 is 9.73 Å². The lowest BCUT2D eigenvalue weighted by atomic mass is 10.0. The SMILES string of the molecule is Cc1ccoc1C1CCCCN1. The van der Waals surface area contributed by atoms with Crippen LogP contribution < -0.4 is 5.32 Å². The number of hydrogen-bond donors (Lipinski definition) is 1. The maximum atomic E-state index is 5.44. The summed E-state index contributed by atoms with van der Waals surface area (Å²) in [7, 11) is 0. The predicted molar refractivity (Wildman–Crippen MR) is 48.0 cm³/mol. The van der Waals surface area contributed by atoms with Gasteiger partial charge in [0.15, 0.2) is 0 Å². The maximum Gasteiger partial charge on any atom is 0.123 e. The monoisotopic (exact) mass is 165 g/mol. The fourth-order valence-electron chi connectivity index (χ4n) is 1.82. The second-order valence-corrected chi connectivity index (χ2v) is 3.47. The molecule has 2 rings (SSSR count). The van der Waals surface area contributed by atoms with E-state index in [9.17, 15) is 0 Å². The lowest BCUT2D eigenvalue weighted by Gasteiger charge is -2.22. The fourth-order valence-corrected chi connectivity index (χ4v) is 1.82. The molecule has 2 heterocycles. The first-order valence-electron chi connectivity index (χ1n) is 4.65. The molecule has 1 unspecified atom stereocenters. The van der Waals surface area contributed by atoms with Crippen molar-refractivity contribution in [2.45, 2.75) is 32.2 Å². The molecule has 1 aromatic heterocycles. The van der Waals surface area contributed by atoms with Crippen LogP contribution in [0.15, 0.2) is 16.7 Å². The molecule has 1 N–H and O–H groups in total. The van der Waals surface area contributed by atoms with Crippen molar-refractivity contribution in [2.75, 3.05) is 6.54 Å². The van der Waals surface area contributed by atoms with Crippen molar-refractivity contribution in [2.24, 2.45) is 0 Å². The number of aryl methyl sites for hydroxylation is 1. The van der Waals surface area contributed by atoms with Crippen LogP contribution in [0, 0.1) is 6.92 Å². The number of rotatable bonds is 1. The molecule has 0 spiro atoms. The molecule has 1 aromatic rings. The van der Waals surface area contributed by atoms with Crippen LogP contribution in [0.4, 0.5) is 0 Å². The number of furan rings is 1. The van der Waals surface area contributed by atoms with Gasteiger partial charge >= 0.3 is 0 Å². The van der Waals surface area contributed by atoms with Crippen LogP contribution in [0.2, 0.25) is 0 Å². The zero-order valence-electron chi connectivity index (χ0n) is 7.47. The van der Waals surface area contributed by atoms with Crippen molar-refractivity contribution >= 4 is 0 Å². The third kappa shape index (κ3) is 1.39. The molecule has 2 nitrogen and oxygen atoms in total. The van der Waals surface area contributed by atoms with Crippen LogP contribution in [-0.2, 0) is 0 Å². The highest BCUT2D eigenvalue weighted by Gasteiger charge is 2.18. The summed E-state index contributed by atoms with van der Waals surface area (Å²) in [5.74, 6) is 1.13. The summed E-state index contributed by atoms with van der Waals surface area (Å²) in [5.41, 5.74) is 1.27. The summed E-state index contributed by atoms with van der Waals surface area (Å²) < 4.78 is 5.44. The Hall–Kier alpha value is -0.760. The van der Waals surface area contributed by atoms with Crippen LogP contribution in [0.1, 0.15) is 36.6 Å². The van der Waals surface area contributed by atoms with E-state index >= 15 is 0 Å². The van der Waals surface area contributed by atoms with Gasteiger partial charge in [-0.25, -0.2) is 0 Å². The summed E-state index contributed by atoms with van der Waals surface area (Å²) in [5, 5.41) is 3.47. The van der Waals surface area contributed by atoms with Crippen molar-refractivity contribution in [1.29, 1.82) is 0 Å². The average Bonchev–Trinajstić information content (AvgIpc) is 2.53. The van der Waals surface area contributed by atoms with E-state index in [1.807, 2.05) is 6.07 Å². The first-order chi connectivity index (χ1) is 5.88. The molecule has 1 saturated heterocycles. The molecule has 0 aliphatic carbocycles. The number of piperidine rings is 1. The topological polar surface area (TPSA) is 25.2 Å². The number of hydrogen-bond acceptors (Lipinski definition) is 2. The first kappa shape index (κ1) is 7.87. The lowest BCUT2D eigenvalue weighted by Crippen LogP contribution is -2.26. The van der Waals surface area contributed by atoms with Crippen molar-refractivity contribution < 1.29 is 4.42 Å². The zero-order valence-corrected chi connectivity index (χ0v) is 7.47. The van der Waals surface area contributed by atoms with Gasteiger partial charge in [-0.05, 0) is 37.9 Å². The first-order valence-corrected chi connectivity index (χ1v) is 4.65. The molecule has 1 fully saturated rings. The Morgan fingerprint density at radius 2 is 2.42 bits per heavy atom. The lowest BCUT2D eigenvalue weighted by molar-refractivity contribution is 0.347. The summed E-state index contributed by atoms with van der Waals surface area (Å²) in [4.78, 5) is 0. The average molecular weight is 165 g/mol. The summed E-state index contributed by atoms with van der Waals surface area (Å²) in [6.45, 7) is 3.24. The summed E-state index contributed by atoms with van der Waals surface area (Å²) in [6.07, 6.45) is 5.61. The Morgan fingerprint density at radius 3 is 3.00 bits per heavy atom. The Labute approximate surface area is 73.0 Å². The minimum Gasteiger partial charge on any atom is -0.467 e. The van der Waals surface area contributed by atoms with Gasteiger partial charge in [-0.15, -0.1) is 0 Å². The van der Waals surface area contributed by atoms with Crippen LogP contribution in [0.25, 0.3) is 0 Å². The molecule has 1 aliphatic rings. The Kier molecular flexibility index (Phi) is 2.17. The summed E-state index contributed by atoms with van der Waals surface area (Å²) in [6, 6.07) is 2.50. The van der Waals surface area contributed by atoms with Gasteiger partial charge in [0.1, 0.15) is 5.76 Å². The molecule has 1 aliphatic heterocycles. The van der Waals surface area contributed by atoms with Crippen LogP contribution >= 0.6 is 0 Å². The van der Waals surface area contributed by atoms with Crippen LogP contribution in [0.5, 0.6) is 0 Å². The van der Waals surface area contributed by atoms with E-state index in [0.29, 0.717) is 6.04 Å². The normalized spacial score (nSPS) is 24.2. The van der Waals surface area contributed by atoms with Crippen LogP contribution in [-0.4, -0.2) is 6.54 Å². The summed E-state index contributed by atoms with van der Waals surface area (Å²) >= 11 is 0. The second-order valence-electron chi connectivity index (χ2n) is 3.47. The van der Waals surface area contributed by atoms with Crippen molar-refractivity contribution in [1.82, 2.24) is 5.32 Å². The van der Waals surface area contributed by atoms with Crippen LogP contribution in [0.3, 0.4) is 0 Å². The van der Waals surface area contributed by atoms with E-state index in [0.717, 1.165) is 12.3 Å². The van der Waals surface area contributed by atoms with Gasteiger partial charge in [0.05, 0.1) is 12.3 Å². The minimum atomic E-state index is 0.466. The highest BCUT2D eigenvalue weighted by Crippen LogP contribution is 2.25. The standard InChI is InChI=1S/C10H15NO/c1-8-5-7-12-10(8)9-4-2-3-6-11-9/h5,7,9,11H,2-4,6H2,1H3. The molecule has 0 amide bonds. The molecule has 1 atom stereocenters. The van der Waals surface area contributed by atoms with E-state index in [2.05, 4.69) is 12.2 Å². The van der Waals surface area contributed by atoms with Gasteiger partial charge in [0, 0.05) is 0 Å². The van der Waals surface area contributed by atoms with Gasteiger partial charge in [0.2, 0.25) is 0 Å². The molecule has 12 heavy (non-hydrogen) atoms. The third-order valence-electron chi connectivity index (χ3n) is 2.53. The maximum absolute atomic E-state index is 5.44. The molecule has 0 saturated carbocycles. The van der Waals surface area contributed by atoms with Gasteiger partial charge in [-0.2, -0.15) is 0 Å². The molecular weight excluding hydrogens is 150 g/mol. The smallest absolute Gasteiger partial charge is 0.123 e. The molecule has 0 radical (unpaired) electrons. The third-order valence-corrected chi connectivity index (χ3v) is 2.53. The number of nitrogens with one attached hydrogen (secondary N) is 1. The molecule has 0 aromatic carbocycles. The van der Waals surface area contributed by atoms with Gasteiger partial charge in [0.25, 0.3) is 0 Å². The Bertz CT molecular complexity index is 248. The van der Waals surface area contributed by atoms with Crippen molar-refractivity contribution in [3.05, 3.63) is 23.7 Å². The van der Waals surface area contributed by atoms with E-state index in [-0.39, 0.29) is 0 Å². The second kappa shape index (κ2) is 3.31. The molecule has 2 heteroatoms. The molecule has 66 valence electrons. The van der Waals surface area contributed by atoms with E-state index in [1.165, 1.54) is 24.8 Å². The molecular formula is C10H15NO. The fraction of sp³-hybridized carbons (Fsp3) is 0.600. The Balaban J connectivity index is 2.13. The quantitative estimate of drug-likeness (QED) is 0.691.